The van der Waals surface area contributed by atoms with E-state index in [9.17, 15) is 0 Å². The van der Waals surface area contributed by atoms with Crippen molar-refractivity contribution in [1.29, 1.82) is 0 Å². The number of aliphatic hydroxyl groups is 1. The second-order valence-corrected chi connectivity index (χ2v) is 6.18. The van der Waals surface area contributed by atoms with E-state index in [2.05, 4.69) is 17.9 Å². The Morgan fingerprint density at radius 1 is 1.30 bits per heavy atom. The minimum absolute atomic E-state index is 0.0953. The first-order chi connectivity index (χ1) is 9.76. The van der Waals surface area contributed by atoms with Crippen LogP contribution in [0.15, 0.2) is 18.2 Å². The largest absolute Gasteiger partial charge is 0.493 e. The molecule has 0 saturated heterocycles. The van der Waals surface area contributed by atoms with Crippen molar-refractivity contribution in [2.45, 2.75) is 32.6 Å². The molecule has 20 heavy (non-hydrogen) atoms. The minimum atomic E-state index is -0.0953. The molecule has 1 N–H and O–H groups in total. The highest BCUT2D eigenvalue weighted by atomic mass is 16.5. The maximum absolute atomic E-state index is 8.73. The van der Waals surface area contributed by atoms with Crippen molar-refractivity contribution in [3.05, 3.63) is 29.3 Å². The Labute approximate surface area is 121 Å². The number of aliphatic hydroxyl groups excluding tert-OH is 1. The molecule has 2 bridgehead atoms. The van der Waals surface area contributed by atoms with Crippen LogP contribution in [-0.2, 0) is 0 Å². The molecule has 3 rings (SSSR count). The SMILES string of the molecule is Cc1cc(OCC2CC3CCC2C3)ccc1C#CCO. The quantitative estimate of drug-likeness (QED) is 0.855. The molecule has 2 aliphatic rings. The number of fused-ring (bicyclic) bond motifs is 2. The summed E-state index contributed by atoms with van der Waals surface area (Å²) in [5.41, 5.74) is 2.07. The van der Waals surface area contributed by atoms with Gasteiger partial charge in [0.05, 0.1) is 6.61 Å². The summed E-state index contributed by atoms with van der Waals surface area (Å²) < 4.78 is 5.99. The summed E-state index contributed by atoms with van der Waals surface area (Å²) in [6.45, 7) is 2.80. The minimum Gasteiger partial charge on any atom is -0.493 e. The zero-order chi connectivity index (χ0) is 13.9. The molecule has 0 aromatic heterocycles. The van der Waals surface area contributed by atoms with E-state index in [1.54, 1.807) is 0 Å². The Bertz CT molecular complexity index is 538. The predicted molar refractivity (Wildman–Crippen MR) is 79.6 cm³/mol. The van der Waals surface area contributed by atoms with E-state index in [4.69, 9.17) is 9.84 Å². The van der Waals surface area contributed by atoms with Gasteiger partial charge < -0.3 is 9.84 Å². The van der Waals surface area contributed by atoms with Crippen LogP contribution in [0, 0.1) is 36.5 Å². The molecule has 0 spiro atoms. The fraction of sp³-hybridized carbons (Fsp3) is 0.556. The molecule has 3 unspecified atom stereocenters. The van der Waals surface area contributed by atoms with Crippen LogP contribution in [-0.4, -0.2) is 18.3 Å². The molecule has 2 fully saturated rings. The Kier molecular flexibility index (Phi) is 3.98. The van der Waals surface area contributed by atoms with Gasteiger partial charge in [-0.3, -0.25) is 0 Å². The lowest BCUT2D eigenvalue weighted by Gasteiger charge is -2.21. The first-order valence-corrected chi connectivity index (χ1v) is 7.59. The summed E-state index contributed by atoms with van der Waals surface area (Å²) in [7, 11) is 0. The van der Waals surface area contributed by atoms with Crippen molar-refractivity contribution >= 4 is 0 Å². The lowest BCUT2D eigenvalue weighted by atomic mass is 9.89. The van der Waals surface area contributed by atoms with Gasteiger partial charge >= 0.3 is 0 Å². The van der Waals surface area contributed by atoms with E-state index < -0.39 is 0 Å². The third kappa shape index (κ3) is 2.83. The number of aryl methyl sites for hydroxylation is 1. The average Bonchev–Trinajstić information content (AvgIpc) is 3.06. The molecule has 1 aromatic rings. The van der Waals surface area contributed by atoms with Gasteiger partial charge in [-0.1, -0.05) is 18.3 Å². The molecule has 0 radical (unpaired) electrons. The smallest absolute Gasteiger partial charge is 0.119 e. The zero-order valence-corrected chi connectivity index (χ0v) is 12.1. The van der Waals surface area contributed by atoms with Crippen LogP contribution in [0.4, 0.5) is 0 Å². The van der Waals surface area contributed by atoms with E-state index in [1.165, 1.54) is 25.7 Å². The molecule has 0 heterocycles. The number of hydrogen-bond donors (Lipinski definition) is 1. The second kappa shape index (κ2) is 5.89. The molecule has 106 valence electrons. The topological polar surface area (TPSA) is 29.5 Å². The monoisotopic (exact) mass is 270 g/mol. The lowest BCUT2D eigenvalue weighted by Crippen LogP contribution is -2.18. The van der Waals surface area contributed by atoms with Crippen LogP contribution in [0.5, 0.6) is 5.75 Å². The van der Waals surface area contributed by atoms with E-state index in [1.807, 2.05) is 19.1 Å². The van der Waals surface area contributed by atoms with Crippen molar-refractivity contribution < 1.29 is 9.84 Å². The highest BCUT2D eigenvalue weighted by molar-refractivity contribution is 5.44. The van der Waals surface area contributed by atoms with Gasteiger partial charge in [0.1, 0.15) is 12.4 Å². The Balaban J connectivity index is 1.59. The fourth-order valence-electron chi connectivity index (χ4n) is 3.78. The maximum atomic E-state index is 8.73. The molecule has 2 aliphatic carbocycles. The van der Waals surface area contributed by atoms with Crippen molar-refractivity contribution in [3.63, 3.8) is 0 Å². The van der Waals surface area contributed by atoms with Gasteiger partial charge in [-0.05, 0) is 67.7 Å². The van der Waals surface area contributed by atoms with Gasteiger partial charge in [-0.15, -0.1) is 0 Å². The van der Waals surface area contributed by atoms with Gasteiger partial charge in [0, 0.05) is 5.56 Å². The molecule has 0 aliphatic heterocycles. The van der Waals surface area contributed by atoms with Crippen LogP contribution in [0.2, 0.25) is 0 Å². The summed E-state index contributed by atoms with van der Waals surface area (Å²) in [6.07, 6.45) is 5.65. The number of hydrogen-bond acceptors (Lipinski definition) is 2. The first kappa shape index (κ1) is 13.5. The van der Waals surface area contributed by atoms with Crippen LogP contribution < -0.4 is 4.74 Å². The van der Waals surface area contributed by atoms with Gasteiger partial charge in [0.25, 0.3) is 0 Å². The third-order valence-corrected chi connectivity index (χ3v) is 4.85. The molecule has 0 amide bonds. The average molecular weight is 270 g/mol. The third-order valence-electron chi connectivity index (χ3n) is 4.85. The molecule has 2 nitrogen and oxygen atoms in total. The summed E-state index contributed by atoms with van der Waals surface area (Å²) in [6, 6.07) is 6.02. The molecular formula is C18H22O2. The highest BCUT2D eigenvalue weighted by Crippen LogP contribution is 2.48. The summed E-state index contributed by atoms with van der Waals surface area (Å²) in [4.78, 5) is 0. The Morgan fingerprint density at radius 2 is 2.20 bits per heavy atom. The number of rotatable bonds is 3. The summed E-state index contributed by atoms with van der Waals surface area (Å²) in [5.74, 6) is 9.24. The standard InChI is InChI=1S/C18H22O2/c1-13-9-18(7-6-15(13)3-2-8-19)20-12-17-11-14-4-5-16(17)10-14/h6-7,9,14,16-17,19H,4-5,8,10-12H2,1H3. The first-order valence-electron chi connectivity index (χ1n) is 7.59. The predicted octanol–water partition coefficient (Wildman–Crippen LogP) is 3.15. The molecule has 3 atom stereocenters. The lowest BCUT2D eigenvalue weighted by molar-refractivity contribution is 0.195. The number of ether oxygens (including phenoxy) is 1. The Morgan fingerprint density at radius 3 is 2.85 bits per heavy atom. The summed E-state index contributed by atoms with van der Waals surface area (Å²) >= 11 is 0. The highest BCUT2D eigenvalue weighted by Gasteiger charge is 2.39. The number of benzene rings is 1. The van der Waals surface area contributed by atoms with Crippen molar-refractivity contribution in [2.75, 3.05) is 13.2 Å². The van der Waals surface area contributed by atoms with Gasteiger partial charge in [0.2, 0.25) is 0 Å². The van der Waals surface area contributed by atoms with E-state index in [-0.39, 0.29) is 6.61 Å². The fourth-order valence-corrected chi connectivity index (χ4v) is 3.78. The molecule has 2 heteroatoms. The van der Waals surface area contributed by atoms with Crippen LogP contribution in [0.3, 0.4) is 0 Å². The van der Waals surface area contributed by atoms with Crippen LogP contribution in [0.1, 0.15) is 36.8 Å². The van der Waals surface area contributed by atoms with E-state index in [0.29, 0.717) is 0 Å². The van der Waals surface area contributed by atoms with Crippen LogP contribution in [0.25, 0.3) is 0 Å². The van der Waals surface area contributed by atoms with Crippen molar-refractivity contribution in [3.8, 4) is 17.6 Å². The van der Waals surface area contributed by atoms with Gasteiger partial charge in [-0.25, -0.2) is 0 Å². The summed E-state index contributed by atoms with van der Waals surface area (Å²) in [5, 5.41) is 8.73. The molecule has 1 aromatic carbocycles. The molecular weight excluding hydrogens is 248 g/mol. The van der Waals surface area contributed by atoms with E-state index in [0.717, 1.165) is 41.2 Å². The Hall–Kier alpha value is -1.46. The molecule has 2 saturated carbocycles. The maximum Gasteiger partial charge on any atom is 0.119 e. The zero-order valence-electron chi connectivity index (χ0n) is 12.1. The van der Waals surface area contributed by atoms with Crippen molar-refractivity contribution in [2.24, 2.45) is 17.8 Å². The normalized spacial score (nSPS) is 27.2. The second-order valence-electron chi connectivity index (χ2n) is 6.18. The van der Waals surface area contributed by atoms with Gasteiger partial charge in [0.15, 0.2) is 0 Å². The van der Waals surface area contributed by atoms with E-state index >= 15 is 0 Å². The van der Waals surface area contributed by atoms with Crippen molar-refractivity contribution in [1.82, 2.24) is 0 Å². The van der Waals surface area contributed by atoms with Gasteiger partial charge in [-0.2, -0.15) is 0 Å². The van der Waals surface area contributed by atoms with Crippen LogP contribution >= 0.6 is 0 Å².